The van der Waals surface area contributed by atoms with E-state index in [1.165, 1.54) is 4.90 Å². The van der Waals surface area contributed by atoms with Gasteiger partial charge in [0.05, 0.1) is 13.1 Å². The van der Waals surface area contributed by atoms with Crippen molar-refractivity contribution in [3.05, 3.63) is 42.5 Å². The van der Waals surface area contributed by atoms with Gasteiger partial charge in [-0.25, -0.2) is 4.79 Å². The number of carbonyl (C=O) groups excluding carboxylic acids is 2. The van der Waals surface area contributed by atoms with E-state index in [4.69, 9.17) is 4.74 Å². The standard InChI is InChI=1S/C17H21N3O3/c1-20(2)16(21)12-19-17(22)18-10-11-23-15-9-5-7-13-6-3-4-8-14(13)15/h3-9H,10-12H2,1-2H3,(H2,18,19,22). The number of hydrogen-bond acceptors (Lipinski definition) is 3. The highest BCUT2D eigenvalue weighted by Gasteiger charge is 2.06. The third kappa shape index (κ3) is 4.88. The quantitative estimate of drug-likeness (QED) is 0.796. The molecule has 0 bridgehead atoms. The lowest BCUT2D eigenvalue weighted by molar-refractivity contribution is -0.127. The topological polar surface area (TPSA) is 70.7 Å². The maximum atomic E-state index is 11.5. The van der Waals surface area contributed by atoms with Gasteiger partial charge in [0.1, 0.15) is 12.4 Å². The van der Waals surface area contributed by atoms with E-state index in [-0.39, 0.29) is 18.5 Å². The van der Waals surface area contributed by atoms with Crippen molar-refractivity contribution in [3.63, 3.8) is 0 Å². The minimum absolute atomic E-state index is 0.0248. The van der Waals surface area contributed by atoms with E-state index >= 15 is 0 Å². The summed E-state index contributed by atoms with van der Waals surface area (Å²) >= 11 is 0. The summed E-state index contributed by atoms with van der Waals surface area (Å²) in [5.74, 6) is 0.625. The molecule has 0 aromatic heterocycles. The second-order valence-electron chi connectivity index (χ2n) is 5.22. The largest absolute Gasteiger partial charge is 0.491 e. The van der Waals surface area contributed by atoms with Gasteiger partial charge in [-0.15, -0.1) is 0 Å². The highest BCUT2D eigenvalue weighted by molar-refractivity contribution is 5.88. The van der Waals surface area contributed by atoms with Crippen LogP contribution in [0.4, 0.5) is 4.79 Å². The number of hydrogen-bond donors (Lipinski definition) is 2. The summed E-state index contributed by atoms with van der Waals surface area (Å²) in [5.41, 5.74) is 0. The summed E-state index contributed by atoms with van der Waals surface area (Å²) in [6.45, 7) is 0.678. The lowest BCUT2D eigenvalue weighted by Crippen LogP contribution is -2.42. The lowest BCUT2D eigenvalue weighted by Gasteiger charge is -2.12. The van der Waals surface area contributed by atoms with Crippen LogP contribution in [0.2, 0.25) is 0 Å². The first-order valence-electron chi connectivity index (χ1n) is 7.40. The van der Waals surface area contributed by atoms with E-state index in [1.54, 1.807) is 14.1 Å². The van der Waals surface area contributed by atoms with Gasteiger partial charge in [-0.05, 0) is 11.5 Å². The molecule has 0 atom stereocenters. The minimum atomic E-state index is -0.387. The first-order chi connectivity index (χ1) is 11.1. The Kier molecular flexibility index (Phi) is 5.80. The predicted molar refractivity (Wildman–Crippen MR) is 89.5 cm³/mol. The molecule has 2 rings (SSSR count). The Morgan fingerprint density at radius 3 is 2.57 bits per heavy atom. The van der Waals surface area contributed by atoms with Crippen LogP contribution in [0.1, 0.15) is 0 Å². The van der Waals surface area contributed by atoms with E-state index < -0.39 is 0 Å². The molecule has 3 amide bonds. The van der Waals surface area contributed by atoms with E-state index in [2.05, 4.69) is 10.6 Å². The van der Waals surface area contributed by atoms with E-state index in [0.717, 1.165) is 16.5 Å². The van der Waals surface area contributed by atoms with E-state index in [9.17, 15) is 9.59 Å². The molecular formula is C17H21N3O3. The zero-order chi connectivity index (χ0) is 16.7. The zero-order valence-electron chi connectivity index (χ0n) is 13.3. The maximum absolute atomic E-state index is 11.5. The van der Waals surface area contributed by atoms with Crippen LogP contribution in [-0.4, -0.2) is 50.6 Å². The molecule has 0 fully saturated rings. The third-order valence-corrected chi connectivity index (χ3v) is 3.29. The Morgan fingerprint density at radius 1 is 1.04 bits per heavy atom. The van der Waals surface area contributed by atoms with Gasteiger partial charge in [-0.1, -0.05) is 36.4 Å². The highest BCUT2D eigenvalue weighted by Crippen LogP contribution is 2.24. The Hall–Kier alpha value is -2.76. The van der Waals surface area contributed by atoms with Crippen molar-refractivity contribution >= 4 is 22.7 Å². The summed E-state index contributed by atoms with van der Waals surface area (Å²) < 4.78 is 5.72. The summed E-state index contributed by atoms with van der Waals surface area (Å²) in [4.78, 5) is 24.3. The molecule has 0 aliphatic heterocycles. The van der Waals surface area contributed by atoms with Crippen molar-refractivity contribution in [3.8, 4) is 5.75 Å². The molecule has 0 aliphatic carbocycles. The van der Waals surface area contributed by atoms with Crippen LogP contribution in [0.15, 0.2) is 42.5 Å². The Balaban J connectivity index is 1.75. The second-order valence-corrected chi connectivity index (χ2v) is 5.22. The summed E-state index contributed by atoms with van der Waals surface area (Å²) in [6, 6.07) is 13.4. The molecule has 6 nitrogen and oxygen atoms in total. The zero-order valence-corrected chi connectivity index (χ0v) is 13.3. The molecule has 122 valence electrons. The molecule has 0 saturated heterocycles. The van der Waals surface area contributed by atoms with Gasteiger partial charge in [-0.2, -0.15) is 0 Å². The van der Waals surface area contributed by atoms with Crippen molar-refractivity contribution in [2.24, 2.45) is 0 Å². The van der Waals surface area contributed by atoms with Gasteiger partial charge in [-0.3, -0.25) is 4.79 Å². The number of benzene rings is 2. The second kappa shape index (κ2) is 8.03. The first-order valence-corrected chi connectivity index (χ1v) is 7.40. The van der Waals surface area contributed by atoms with Gasteiger partial charge in [0.15, 0.2) is 0 Å². The number of nitrogens with zero attached hydrogens (tertiary/aromatic N) is 1. The number of amides is 3. The average Bonchev–Trinajstić information content (AvgIpc) is 2.56. The van der Waals surface area contributed by atoms with Crippen molar-refractivity contribution in [1.29, 1.82) is 0 Å². The summed E-state index contributed by atoms with van der Waals surface area (Å²) in [7, 11) is 3.28. The fraction of sp³-hybridized carbons (Fsp3) is 0.294. The molecule has 0 spiro atoms. The summed E-state index contributed by atoms with van der Waals surface area (Å²) in [5, 5.41) is 7.29. The molecule has 2 N–H and O–H groups in total. The summed E-state index contributed by atoms with van der Waals surface area (Å²) in [6.07, 6.45) is 0. The van der Waals surface area contributed by atoms with Crippen LogP contribution in [0, 0.1) is 0 Å². The lowest BCUT2D eigenvalue weighted by atomic mass is 10.1. The van der Waals surface area contributed by atoms with E-state index in [1.807, 2.05) is 42.5 Å². The van der Waals surface area contributed by atoms with Crippen molar-refractivity contribution in [2.75, 3.05) is 33.8 Å². The van der Waals surface area contributed by atoms with Crippen LogP contribution in [-0.2, 0) is 4.79 Å². The molecular weight excluding hydrogens is 294 g/mol. The van der Waals surface area contributed by atoms with Gasteiger partial charge in [0.2, 0.25) is 5.91 Å². The monoisotopic (exact) mass is 315 g/mol. The van der Waals surface area contributed by atoms with Crippen LogP contribution in [0.25, 0.3) is 10.8 Å². The molecule has 0 heterocycles. The van der Waals surface area contributed by atoms with Crippen molar-refractivity contribution in [2.45, 2.75) is 0 Å². The smallest absolute Gasteiger partial charge is 0.315 e. The molecule has 0 radical (unpaired) electrons. The average molecular weight is 315 g/mol. The Morgan fingerprint density at radius 2 is 1.78 bits per heavy atom. The van der Waals surface area contributed by atoms with Gasteiger partial charge in [0.25, 0.3) is 0 Å². The number of urea groups is 1. The number of rotatable bonds is 6. The van der Waals surface area contributed by atoms with Gasteiger partial charge in [0, 0.05) is 19.5 Å². The molecule has 0 aliphatic rings. The minimum Gasteiger partial charge on any atom is -0.491 e. The van der Waals surface area contributed by atoms with Crippen LogP contribution < -0.4 is 15.4 Å². The molecule has 0 unspecified atom stereocenters. The molecule has 6 heteroatoms. The fourth-order valence-electron chi connectivity index (χ4n) is 2.02. The van der Waals surface area contributed by atoms with Crippen molar-refractivity contribution in [1.82, 2.24) is 15.5 Å². The molecule has 0 saturated carbocycles. The normalized spacial score (nSPS) is 10.2. The molecule has 2 aromatic rings. The first kappa shape index (κ1) is 16.6. The molecule has 23 heavy (non-hydrogen) atoms. The predicted octanol–water partition coefficient (Wildman–Crippen LogP) is 1.61. The number of carbonyl (C=O) groups is 2. The van der Waals surface area contributed by atoms with Crippen LogP contribution >= 0.6 is 0 Å². The van der Waals surface area contributed by atoms with Crippen LogP contribution in [0.3, 0.4) is 0 Å². The Labute approximate surface area is 135 Å². The SMILES string of the molecule is CN(C)C(=O)CNC(=O)NCCOc1cccc2ccccc12. The molecule has 2 aromatic carbocycles. The Bertz CT molecular complexity index is 680. The maximum Gasteiger partial charge on any atom is 0.315 e. The van der Waals surface area contributed by atoms with Gasteiger partial charge >= 0.3 is 6.03 Å². The van der Waals surface area contributed by atoms with Crippen LogP contribution in [0.5, 0.6) is 5.75 Å². The number of ether oxygens (including phenoxy) is 1. The van der Waals surface area contributed by atoms with Gasteiger partial charge < -0.3 is 20.3 Å². The van der Waals surface area contributed by atoms with Crippen molar-refractivity contribution < 1.29 is 14.3 Å². The number of nitrogens with one attached hydrogen (secondary N) is 2. The third-order valence-electron chi connectivity index (χ3n) is 3.29. The van der Waals surface area contributed by atoms with E-state index in [0.29, 0.717) is 13.2 Å². The number of fused-ring (bicyclic) bond motifs is 1. The highest BCUT2D eigenvalue weighted by atomic mass is 16.5. The number of likely N-dealkylation sites (N-methyl/N-ethyl adjacent to an activating group) is 1. The fourth-order valence-corrected chi connectivity index (χ4v) is 2.02.